The van der Waals surface area contributed by atoms with Gasteiger partial charge in [0.1, 0.15) is 5.82 Å². The van der Waals surface area contributed by atoms with E-state index in [4.69, 9.17) is 4.42 Å². The van der Waals surface area contributed by atoms with Crippen LogP contribution in [0.15, 0.2) is 57.6 Å². The first-order chi connectivity index (χ1) is 9.76. The van der Waals surface area contributed by atoms with Crippen LogP contribution in [0.5, 0.6) is 0 Å². The third-order valence-corrected chi connectivity index (χ3v) is 3.27. The topological polar surface area (TPSA) is 51.0 Å². The molecule has 100 valence electrons. The van der Waals surface area contributed by atoms with Gasteiger partial charge in [-0.2, -0.15) is 0 Å². The van der Waals surface area contributed by atoms with Crippen molar-refractivity contribution in [2.45, 2.75) is 0 Å². The summed E-state index contributed by atoms with van der Waals surface area (Å²) in [6.07, 6.45) is 0. The van der Waals surface area contributed by atoms with Crippen molar-refractivity contribution in [2.24, 2.45) is 0 Å². The molecule has 5 heteroatoms. The summed E-state index contributed by atoms with van der Waals surface area (Å²) in [7, 11) is 1.83. The van der Waals surface area contributed by atoms with Crippen LogP contribution in [-0.4, -0.2) is 17.0 Å². The van der Waals surface area contributed by atoms with Crippen molar-refractivity contribution < 1.29 is 4.42 Å². The zero-order valence-corrected chi connectivity index (χ0v) is 12.4. The van der Waals surface area contributed by atoms with E-state index in [0.717, 1.165) is 17.1 Å². The van der Waals surface area contributed by atoms with Gasteiger partial charge in [0.2, 0.25) is 0 Å². The van der Waals surface area contributed by atoms with Crippen LogP contribution >= 0.6 is 15.9 Å². The molecule has 0 unspecified atom stereocenters. The van der Waals surface area contributed by atoms with Crippen molar-refractivity contribution in [3.63, 3.8) is 0 Å². The van der Waals surface area contributed by atoms with Gasteiger partial charge in [-0.3, -0.25) is 0 Å². The molecule has 2 aromatic heterocycles. The number of hydrogen-bond acceptors (Lipinski definition) is 4. The third-order valence-electron chi connectivity index (χ3n) is 2.85. The molecular formula is C15H12BrN3O. The highest BCUT2D eigenvalue weighted by Crippen LogP contribution is 2.26. The molecule has 0 amide bonds. The normalized spacial score (nSPS) is 10.5. The van der Waals surface area contributed by atoms with E-state index >= 15 is 0 Å². The van der Waals surface area contributed by atoms with E-state index in [9.17, 15) is 0 Å². The fourth-order valence-corrected chi connectivity index (χ4v) is 2.18. The van der Waals surface area contributed by atoms with E-state index in [1.165, 1.54) is 0 Å². The van der Waals surface area contributed by atoms with Crippen molar-refractivity contribution in [1.82, 2.24) is 9.97 Å². The van der Waals surface area contributed by atoms with Crippen molar-refractivity contribution >= 4 is 21.7 Å². The first-order valence-corrected chi connectivity index (χ1v) is 6.93. The molecule has 3 aromatic rings. The van der Waals surface area contributed by atoms with E-state index in [-0.39, 0.29) is 0 Å². The van der Waals surface area contributed by atoms with Gasteiger partial charge in [-0.05, 0) is 28.1 Å². The number of rotatable bonds is 3. The average molecular weight is 330 g/mol. The van der Waals surface area contributed by atoms with Gasteiger partial charge in [0.15, 0.2) is 16.3 Å². The lowest BCUT2D eigenvalue weighted by Crippen LogP contribution is -1.98. The van der Waals surface area contributed by atoms with Crippen LogP contribution in [0.2, 0.25) is 0 Å². The number of aromatic nitrogens is 2. The lowest BCUT2D eigenvalue weighted by molar-refractivity contribution is 0.551. The highest BCUT2D eigenvalue weighted by Gasteiger charge is 2.11. The van der Waals surface area contributed by atoms with E-state index in [1.807, 2.05) is 55.6 Å². The fraction of sp³-hybridized carbons (Fsp3) is 0.0667. The van der Waals surface area contributed by atoms with E-state index < -0.39 is 0 Å². The van der Waals surface area contributed by atoms with Gasteiger partial charge in [-0.25, -0.2) is 9.97 Å². The van der Waals surface area contributed by atoms with E-state index in [0.29, 0.717) is 16.3 Å². The Labute approximate surface area is 125 Å². The molecule has 0 radical (unpaired) electrons. The van der Waals surface area contributed by atoms with Gasteiger partial charge in [0.05, 0.1) is 5.69 Å². The smallest absolute Gasteiger partial charge is 0.198 e. The van der Waals surface area contributed by atoms with E-state index in [2.05, 4.69) is 31.2 Å². The Hall–Kier alpha value is -2.14. The molecule has 0 fully saturated rings. The van der Waals surface area contributed by atoms with Crippen LogP contribution in [0.3, 0.4) is 0 Å². The standard InChI is InChI=1S/C15H12BrN3O/c1-17-14-9-11(10-5-3-2-4-6-10)18-15(19-14)12-7-8-13(16)20-12/h2-9H,1H3,(H,17,18,19). The lowest BCUT2D eigenvalue weighted by atomic mass is 10.1. The number of halogens is 1. The number of anilines is 1. The lowest BCUT2D eigenvalue weighted by Gasteiger charge is -2.06. The summed E-state index contributed by atoms with van der Waals surface area (Å²) in [5.74, 6) is 1.94. The molecule has 1 aromatic carbocycles. The minimum Gasteiger partial charge on any atom is -0.446 e. The summed E-state index contributed by atoms with van der Waals surface area (Å²) in [6, 6.07) is 15.6. The van der Waals surface area contributed by atoms with Crippen LogP contribution in [-0.2, 0) is 0 Å². The van der Waals surface area contributed by atoms with Gasteiger partial charge in [-0.1, -0.05) is 30.3 Å². The molecule has 0 saturated carbocycles. The van der Waals surface area contributed by atoms with Gasteiger partial charge < -0.3 is 9.73 Å². The summed E-state index contributed by atoms with van der Waals surface area (Å²) >= 11 is 3.29. The number of nitrogens with one attached hydrogen (secondary N) is 1. The minimum atomic E-state index is 0.557. The third kappa shape index (κ3) is 2.58. The van der Waals surface area contributed by atoms with E-state index in [1.54, 1.807) is 0 Å². The number of hydrogen-bond donors (Lipinski definition) is 1. The zero-order valence-electron chi connectivity index (χ0n) is 10.8. The van der Waals surface area contributed by atoms with Crippen LogP contribution in [0, 0.1) is 0 Å². The summed E-state index contributed by atoms with van der Waals surface area (Å²) in [6.45, 7) is 0. The Bertz CT molecular complexity index is 725. The average Bonchev–Trinajstić information content (AvgIpc) is 2.94. The Kier molecular flexibility index (Phi) is 3.52. The Morgan fingerprint density at radius 1 is 1.05 bits per heavy atom. The van der Waals surface area contributed by atoms with Crippen LogP contribution in [0.4, 0.5) is 5.82 Å². The predicted molar refractivity (Wildman–Crippen MR) is 82.4 cm³/mol. The second-order valence-electron chi connectivity index (χ2n) is 4.18. The van der Waals surface area contributed by atoms with Gasteiger partial charge >= 0.3 is 0 Å². The summed E-state index contributed by atoms with van der Waals surface area (Å²) < 4.78 is 6.18. The fourth-order valence-electron chi connectivity index (χ4n) is 1.88. The second kappa shape index (κ2) is 5.46. The summed E-state index contributed by atoms with van der Waals surface area (Å²) in [4.78, 5) is 8.99. The maximum absolute atomic E-state index is 5.52. The number of nitrogens with zero attached hydrogens (tertiary/aromatic N) is 2. The predicted octanol–water partition coefficient (Wildman–Crippen LogP) is 4.21. The zero-order chi connectivity index (χ0) is 13.9. The molecule has 2 heterocycles. The molecule has 0 saturated heterocycles. The van der Waals surface area contributed by atoms with Crippen LogP contribution in [0.1, 0.15) is 0 Å². The highest BCUT2D eigenvalue weighted by molar-refractivity contribution is 9.10. The maximum atomic E-state index is 5.52. The van der Waals surface area contributed by atoms with Crippen molar-refractivity contribution in [1.29, 1.82) is 0 Å². The molecular weight excluding hydrogens is 318 g/mol. The van der Waals surface area contributed by atoms with Gasteiger partial charge in [-0.15, -0.1) is 0 Å². The van der Waals surface area contributed by atoms with Crippen molar-refractivity contribution in [2.75, 3.05) is 12.4 Å². The van der Waals surface area contributed by atoms with Crippen LogP contribution < -0.4 is 5.32 Å². The molecule has 0 bridgehead atoms. The molecule has 3 rings (SSSR count). The number of benzene rings is 1. The molecule has 0 aliphatic carbocycles. The Morgan fingerprint density at radius 2 is 1.85 bits per heavy atom. The first-order valence-electron chi connectivity index (χ1n) is 6.14. The molecule has 1 N–H and O–H groups in total. The maximum Gasteiger partial charge on any atom is 0.198 e. The van der Waals surface area contributed by atoms with Crippen LogP contribution in [0.25, 0.3) is 22.8 Å². The molecule has 0 spiro atoms. The second-order valence-corrected chi connectivity index (χ2v) is 4.96. The SMILES string of the molecule is CNc1cc(-c2ccccc2)nc(-c2ccc(Br)o2)n1. The minimum absolute atomic E-state index is 0.557. The summed E-state index contributed by atoms with van der Waals surface area (Å²) in [5, 5.41) is 3.05. The molecule has 0 aliphatic rings. The first kappa shape index (κ1) is 12.9. The Balaban J connectivity index is 2.12. The molecule has 4 nitrogen and oxygen atoms in total. The monoisotopic (exact) mass is 329 g/mol. The quantitative estimate of drug-likeness (QED) is 0.782. The largest absolute Gasteiger partial charge is 0.446 e. The van der Waals surface area contributed by atoms with Gasteiger partial charge in [0, 0.05) is 18.7 Å². The Morgan fingerprint density at radius 3 is 2.50 bits per heavy atom. The molecule has 0 aliphatic heterocycles. The summed E-state index contributed by atoms with van der Waals surface area (Å²) in [5.41, 5.74) is 1.89. The van der Waals surface area contributed by atoms with Crippen molar-refractivity contribution in [3.8, 4) is 22.8 Å². The number of furan rings is 1. The van der Waals surface area contributed by atoms with Crippen molar-refractivity contribution in [3.05, 3.63) is 53.2 Å². The molecule has 20 heavy (non-hydrogen) atoms. The molecule has 0 atom stereocenters. The van der Waals surface area contributed by atoms with Gasteiger partial charge in [0.25, 0.3) is 0 Å². The highest BCUT2D eigenvalue weighted by atomic mass is 79.9.